The summed E-state index contributed by atoms with van der Waals surface area (Å²) in [5, 5.41) is 0.624. The largest absolute Gasteiger partial charge is 0.484 e. The molecule has 2 rings (SSSR count). The van der Waals surface area contributed by atoms with Crippen LogP contribution in [0.25, 0.3) is 0 Å². The molecule has 0 aromatic heterocycles. The summed E-state index contributed by atoms with van der Waals surface area (Å²) in [5.41, 5.74) is 6.63. The Bertz CT molecular complexity index is 809. The van der Waals surface area contributed by atoms with Gasteiger partial charge in [0.05, 0.1) is 0 Å². The Morgan fingerprint density at radius 1 is 0.964 bits per heavy atom. The number of aryl methyl sites for hydroxylation is 1. The molecule has 6 nitrogen and oxygen atoms in total. The lowest BCUT2D eigenvalue weighted by Gasteiger charge is -2.11. The minimum absolute atomic E-state index is 0.208. The van der Waals surface area contributed by atoms with Gasteiger partial charge in [0.2, 0.25) is 0 Å². The fraction of sp³-hybridized carbons (Fsp3) is 0.333. The van der Waals surface area contributed by atoms with Gasteiger partial charge in [-0.3, -0.25) is 20.4 Å². The van der Waals surface area contributed by atoms with E-state index in [1.807, 2.05) is 31.2 Å². The van der Waals surface area contributed by atoms with Crippen molar-refractivity contribution in [3.05, 3.63) is 58.6 Å². The number of hydrogen-bond donors (Lipinski definition) is 2. The second-order valence-corrected chi connectivity index (χ2v) is 6.87. The fourth-order valence-corrected chi connectivity index (χ4v) is 2.46. The minimum atomic E-state index is -0.487. The molecule has 2 amide bonds. The summed E-state index contributed by atoms with van der Waals surface area (Å²) < 4.78 is 10.8. The maximum absolute atomic E-state index is 11.8. The highest BCUT2D eigenvalue weighted by molar-refractivity contribution is 6.31. The van der Waals surface area contributed by atoms with Gasteiger partial charge in [0.15, 0.2) is 13.2 Å². The molecule has 0 saturated heterocycles. The molecule has 0 saturated carbocycles. The molecule has 0 fully saturated rings. The van der Waals surface area contributed by atoms with Crippen molar-refractivity contribution in [2.75, 3.05) is 13.2 Å². The molecular weight excluding hydrogens is 380 g/mol. The molecule has 0 aliphatic rings. The van der Waals surface area contributed by atoms with Crippen molar-refractivity contribution in [1.29, 1.82) is 0 Å². The first-order valence-corrected chi connectivity index (χ1v) is 9.46. The van der Waals surface area contributed by atoms with Gasteiger partial charge in [-0.2, -0.15) is 0 Å². The number of rotatable bonds is 8. The Morgan fingerprint density at radius 2 is 1.50 bits per heavy atom. The van der Waals surface area contributed by atoms with Crippen LogP contribution in [-0.2, 0) is 9.59 Å². The lowest BCUT2D eigenvalue weighted by Crippen LogP contribution is -2.45. The van der Waals surface area contributed by atoms with Gasteiger partial charge in [-0.25, -0.2) is 0 Å². The van der Waals surface area contributed by atoms with E-state index in [9.17, 15) is 9.59 Å². The average molecular weight is 405 g/mol. The maximum atomic E-state index is 11.8. The molecule has 1 atom stereocenters. The van der Waals surface area contributed by atoms with E-state index in [1.54, 1.807) is 18.2 Å². The van der Waals surface area contributed by atoms with Gasteiger partial charge in [-0.1, -0.05) is 37.6 Å². The van der Waals surface area contributed by atoms with E-state index < -0.39 is 11.8 Å². The number of ether oxygens (including phenoxy) is 2. The van der Waals surface area contributed by atoms with Crippen molar-refractivity contribution in [1.82, 2.24) is 10.9 Å². The van der Waals surface area contributed by atoms with Crippen molar-refractivity contribution in [2.45, 2.75) is 33.1 Å². The van der Waals surface area contributed by atoms with Crippen LogP contribution in [0, 0.1) is 6.92 Å². The van der Waals surface area contributed by atoms with E-state index in [2.05, 4.69) is 24.7 Å². The van der Waals surface area contributed by atoms with Gasteiger partial charge in [-0.05, 0) is 60.7 Å². The van der Waals surface area contributed by atoms with Gasteiger partial charge in [0, 0.05) is 5.02 Å². The van der Waals surface area contributed by atoms with Crippen molar-refractivity contribution in [3.8, 4) is 11.5 Å². The zero-order valence-corrected chi connectivity index (χ0v) is 17.0. The van der Waals surface area contributed by atoms with E-state index in [-0.39, 0.29) is 13.2 Å². The Hall–Kier alpha value is -2.73. The molecule has 2 N–H and O–H groups in total. The Balaban J connectivity index is 1.68. The SMILES string of the molecule is CCC(C)c1ccc(OCC(=O)NNC(=O)COc2ccc(Cl)c(C)c2)cc1. The van der Waals surface area contributed by atoms with Crippen molar-refractivity contribution < 1.29 is 19.1 Å². The molecule has 0 spiro atoms. The smallest absolute Gasteiger partial charge is 0.276 e. The van der Waals surface area contributed by atoms with E-state index in [0.29, 0.717) is 22.4 Å². The molecule has 0 aliphatic carbocycles. The van der Waals surface area contributed by atoms with E-state index in [1.165, 1.54) is 5.56 Å². The van der Waals surface area contributed by atoms with Crippen LogP contribution >= 0.6 is 11.6 Å². The first kappa shape index (κ1) is 21.6. The van der Waals surface area contributed by atoms with E-state index in [0.717, 1.165) is 12.0 Å². The van der Waals surface area contributed by atoms with Gasteiger partial charge in [-0.15, -0.1) is 0 Å². The minimum Gasteiger partial charge on any atom is -0.484 e. The third-order valence-electron chi connectivity index (χ3n) is 4.27. The first-order chi connectivity index (χ1) is 13.4. The highest BCUT2D eigenvalue weighted by Gasteiger charge is 2.08. The summed E-state index contributed by atoms with van der Waals surface area (Å²) in [6.07, 6.45) is 1.06. The third kappa shape index (κ3) is 6.78. The van der Waals surface area contributed by atoms with Crippen LogP contribution in [-0.4, -0.2) is 25.0 Å². The standard InChI is InChI=1S/C21H25ClN2O4/c1-4-14(2)16-5-7-17(8-6-16)27-12-20(25)23-24-21(26)13-28-18-9-10-19(22)15(3)11-18/h5-11,14H,4,12-13H2,1-3H3,(H,23,25)(H,24,26). The van der Waals surface area contributed by atoms with Gasteiger partial charge >= 0.3 is 0 Å². The van der Waals surface area contributed by atoms with E-state index in [4.69, 9.17) is 21.1 Å². The second-order valence-electron chi connectivity index (χ2n) is 6.46. The normalized spacial score (nSPS) is 11.4. The van der Waals surface area contributed by atoms with Crippen molar-refractivity contribution >= 4 is 23.4 Å². The number of halogens is 1. The molecule has 7 heteroatoms. The molecular formula is C21H25ClN2O4. The lowest BCUT2D eigenvalue weighted by atomic mass is 9.99. The molecule has 150 valence electrons. The number of carbonyl (C=O) groups excluding carboxylic acids is 2. The number of hydrazine groups is 1. The summed E-state index contributed by atoms with van der Waals surface area (Å²) in [6, 6.07) is 12.7. The quantitative estimate of drug-likeness (QED) is 0.656. The predicted octanol–water partition coefficient (Wildman–Crippen LogP) is 3.77. The highest BCUT2D eigenvalue weighted by atomic mass is 35.5. The number of carbonyl (C=O) groups is 2. The zero-order chi connectivity index (χ0) is 20.5. The second kappa shape index (κ2) is 10.6. The van der Waals surface area contributed by atoms with Crippen LogP contribution in [0.2, 0.25) is 5.02 Å². The van der Waals surface area contributed by atoms with Crippen molar-refractivity contribution in [3.63, 3.8) is 0 Å². The van der Waals surface area contributed by atoms with Crippen LogP contribution in [0.1, 0.15) is 37.3 Å². The molecule has 2 aromatic carbocycles. The molecule has 0 aliphatic heterocycles. The molecule has 1 unspecified atom stereocenters. The molecule has 2 aromatic rings. The van der Waals surface area contributed by atoms with Crippen molar-refractivity contribution in [2.24, 2.45) is 0 Å². The maximum Gasteiger partial charge on any atom is 0.276 e. The third-order valence-corrected chi connectivity index (χ3v) is 4.70. The number of nitrogens with one attached hydrogen (secondary N) is 2. The zero-order valence-electron chi connectivity index (χ0n) is 16.3. The molecule has 28 heavy (non-hydrogen) atoms. The van der Waals surface area contributed by atoms with Gasteiger partial charge in [0.25, 0.3) is 11.8 Å². The van der Waals surface area contributed by atoms with Crippen LogP contribution < -0.4 is 20.3 Å². The predicted molar refractivity (Wildman–Crippen MR) is 109 cm³/mol. The fourth-order valence-electron chi connectivity index (χ4n) is 2.34. The lowest BCUT2D eigenvalue weighted by molar-refractivity contribution is -0.131. The summed E-state index contributed by atoms with van der Waals surface area (Å²) in [7, 11) is 0. The Kier molecular flexibility index (Phi) is 8.14. The number of benzene rings is 2. The molecule has 0 radical (unpaired) electrons. The Labute approximate surface area is 170 Å². The molecule has 0 bridgehead atoms. The monoisotopic (exact) mass is 404 g/mol. The summed E-state index contributed by atoms with van der Waals surface area (Å²) >= 11 is 5.94. The summed E-state index contributed by atoms with van der Waals surface area (Å²) in [6.45, 7) is 5.69. The van der Waals surface area contributed by atoms with Crippen LogP contribution in [0.15, 0.2) is 42.5 Å². The van der Waals surface area contributed by atoms with Gasteiger partial charge < -0.3 is 9.47 Å². The Morgan fingerprint density at radius 3 is 2.04 bits per heavy atom. The van der Waals surface area contributed by atoms with E-state index >= 15 is 0 Å². The molecule has 0 heterocycles. The van der Waals surface area contributed by atoms with Gasteiger partial charge in [0.1, 0.15) is 11.5 Å². The number of amides is 2. The van der Waals surface area contributed by atoms with Crippen LogP contribution in [0.3, 0.4) is 0 Å². The van der Waals surface area contributed by atoms with Crippen LogP contribution in [0.4, 0.5) is 0 Å². The highest BCUT2D eigenvalue weighted by Crippen LogP contribution is 2.22. The summed E-state index contributed by atoms with van der Waals surface area (Å²) in [4.78, 5) is 23.6. The topological polar surface area (TPSA) is 76.7 Å². The number of hydrogen-bond acceptors (Lipinski definition) is 4. The first-order valence-electron chi connectivity index (χ1n) is 9.08. The average Bonchev–Trinajstić information content (AvgIpc) is 2.71. The van der Waals surface area contributed by atoms with Crippen LogP contribution in [0.5, 0.6) is 11.5 Å². The summed E-state index contributed by atoms with van der Waals surface area (Å²) in [5.74, 6) is 0.634.